The minimum atomic E-state index is -1.06. The number of benzene rings is 1. The molecule has 6 heteroatoms. The molecule has 0 fully saturated rings. The fraction of sp³-hybridized carbons (Fsp3) is 0.100. The van der Waals surface area contributed by atoms with Crippen LogP contribution in [0.1, 0.15) is 5.56 Å². The Hall–Kier alpha value is -1.82. The third-order valence-electron chi connectivity index (χ3n) is 1.72. The van der Waals surface area contributed by atoms with Gasteiger partial charge in [0.25, 0.3) is 0 Å². The molecule has 1 aromatic rings. The van der Waals surface area contributed by atoms with E-state index in [4.69, 9.17) is 5.73 Å². The van der Waals surface area contributed by atoms with Crippen molar-refractivity contribution in [3.63, 3.8) is 0 Å². The molecular formula is C10H11N3O2S. The van der Waals surface area contributed by atoms with E-state index in [-0.39, 0.29) is 0 Å². The van der Waals surface area contributed by atoms with Gasteiger partial charge in [0.15, 0.2) is 0 Å². The molecule has 0 aromatic heterocycles. The van der Waals surface area contributed by atoms with E-state index in [1.807, 2.05) is 35.9 Å². The van der Waals surface area contributed by atoms with Crippen molar-refractivity contribution in [2.75, 3.05) is 6.26 Å². The Morgan fingerprint density at radius 3 is 2.50 bits per heavy atom. The topological polar surface area (TPSA) is 84.6 Å². The fourth-order valence-corrected chi connectivity index (χ4v) is 1.32. The summed E-state index contributed by atoms with van der Waals surface area (Å²) in [6, 6.07) is 7.57. The summed E-state index contributed by atoms with van der Waals surface area (Å²) in [6.07, 6.45) is 3.42. The molecule has 16 heavy (non-hydrogen) atoms. The van der Waals surface area contributed by atoms with Crippen LogP contribution >= 0.6 is 11.8 Å². The standard InChI is InChI=1S/C10H11N3O2S/c1-16-8-4-2-7(3-5-8)6-12-13-10(15)9(11)14/h2-6H,1H3,(H2,11,14)(H,13,15). The largest absolute Gasteiger partial charge is 0.361 e. The Morgan fingerprint density at radius 2 is 2.00 bits per heavy atom. The van der Waals surface area contributed by atoms with E-state index in [0.717, 1.165) is 10.5 Å². The molecule has 0 unspecified atom stereocenters. The van der Waals surface area contributed by atoms with Gasteiger partial charge in [-0.2, -0.15) is 5.10 Å². The van der Waals surface area contributed by atoms with Crippen LogP contribution in [0, 0.1) is 0 Å². The number of nitrogens with one attached hydrogen (secondary N) is 1. The first kappa shape index (κ1) is 12.3. The lowest BCUT2D eigenvalue weighted by molar-refractivity contribution is -0.137. The second-order valence-electron chi connectivity index (χ2n) is 2.84. The average Bonchev–Trinajstić information content (AvgIpc) is 2.29. The molecular weight excluding hydrogens is 226 g/mol. The minimum absolute atomic E-state index is 0.822. The molecule has 84 valence electrons. The molecule has 5 nitrogen and oxygen atoms in total. The zero-order valence-corrected chi connectivity index (χ0v) is 9.45. The number of nitrogens with two attached hydrogens (primary N) is 1. The summed E-state index contributed by atoms with van der Waals surface area (Å²) in [5, 5.41) is 3.59. The smallest absolute Gasteiger partial charge is 0.329 e. The second-order valence-corrected chi connectivity index (χ2v) is 3.72. The zero-order chi connectivity index (χ0) is 12.0. The van der Waals surface area contributed by atoms with E-state index in [9.17, 15) is 9.59 Å². The lowest BCUT2D eigenvalue weighted by Gasteiger charge is -1.97. The molecule has 0 atom stereocenters. The van der Waals surface area contributed by atoms with Crippen LogP contribution in [0.4, 0.5) is 0 Å². The Kier molecular flexibility index (Phi) is 4.53. The van der Waals surface area contributed by atoms with E-state index >= 15 is 0 Å². The minimum Gasteiger partial charge on any atom is -0.361 e. The summed E-state index contributed by atoms with van der Waals surface area (Å²) in [6.45, 7) is 0. The molecule has 0 aliphatic carbocycles. The van der Waals surface area contributed by atoms with Crippen LogP contribution in [0.5, 0.6) is 0 Å². The maximum Gasteiger partial charge on any atom is 0.329 e. The zero-order valence-electron chi connectivity index (χ0n) is 8.64. The molecule has 1 aromatic carbocycles. The molecule has 0 saturated carbocycles. The van der Waals surface area contributed by atoms with Crippen LogP contribution < -0.4 is 11.2 Å². The summed E-state index contributed by atoms with van der Waals surface area (Å²) in [7, 11) is 0. The molecule has 0 saturated heterocycles. The quantitative estimate of drug-likeness (QED) is 0.344. The van der Waals surface area contributed by atoms with E-state index < -0.39 is 11.8 Å². The number of carbonyl (C=O) groups excluding carboxylic acids is 2. The molecule has 0 radical (unpaired) electrons. The van der Waals surface area contributed by atoms with Crippen LogP contribution in [0.25, 0.3) is 0 Å². The highest BCUT2D eigenvalue weighted by molar-refractivity contribution is 7.98. The van der Waals surface area contributed by atoms with Crippen LogP contribution in [-0.2, 0) is 9.59 Å². The summed E-state index contributed by atoms with van der Waals surface area (Å²) in [4.78, 5) is 22.2. The highest BCUT2D eigenvalue weighted by Crippen LogP contribution is 2.13. The Balaban J connectivity index is 2.56. The van der Waals surface area contributed by atoms with Gasteiger partial charge >= 0.3 is 11.8 Å². The normalized spacial score (nSPS) is 10.3. The van der Waals surface area contributed by atoms with Crippen molar-refractivity contribution in [3.05, 3.63) is 29.8 Å². The number of primary amides is 1. The number of hydrazone groups is 1. The van der Waals surface area contributed by atoms with Crippen molar-refractivity contribution in [1.29, 1.82) is 0 Å². The predicted molar refractivity (Wildman–Crippen MR) is 63.2 cm³/mol. The van der Waals surface area contributed by atoms with Gasteiger partial charge in [-0.3, -0.25) is 9.59 Å². The third kappa shape index (κ3) is 3.74. The molecule has 0 aliphatic heterocycles. The molecule has 0 heterocycles. The van der Waals surface area contributed by atoms with Crippen molar-refractivity contribution in [3.8, 4) is 0 Å². The Morgan fingerprint density at radius 1 is 1.38 bits per heavy atom. The number of thioether (sulfide) groups is 1. The van der Waals surface area contributed by atoms with Gasteiger partial charge in [0.1, 0.15) is 0 Å². The summed E-state index contributed by atoms with van der Waals surface area (Å²) < 4.78 is 0. The molecule has 0 bridgehead atoms. The van der Waals surface area contributed by atoms with Crippen LogP contribution in [0.15, 0.2) is 34.3 Å². The van der Waals surface area contributed by atoms with E-state index in [2.05, 4.69) is 5.10 Å². The van der Waals surface area contributed by atoms with E-state index in [0.29, 0.717) is 0 Å². The predicted octanol–water partition coefficient (Wildman–Crippen LogP) is 0.344. The van der Waals surface area contributed by atoms with Gasteiger partial charge in [-0.15, -0.1) is 11.8 Å². The first-order valence-corrected chi connectivity index (χ1v) is 5.63. The van der Waals surface area contributed by atoms with Crippen molar-refractivity contribution >= 4 is 29.8 Å². The molecule has 0 spiro atoms. The van der Waals surface area contributed by atoms with E-state index in [1.165, 1.54) is 6.21 Å². The number of hydrogen-bond donors (Lipinski definition) is 2. The van der Waals surface area contributed by atoms with Gasteiger partial charge in [0.2, 0.25) is 0 Å². The first-order chi connectivity index (χ1) is 7.63. The van der Waals surface area contributed by atoms with Crippen molar-refractivity contribution in [2.24, 2.45) is 10.8 Å². The number of nitrogens with zero attached hydrogens (tertiary/aromatic N) is 1. The Labute approximate surface area is 97.1 Å². The highest BCUT2D eigenvalue weighted by Gasteiger charge is 2.04. The van der Waals surface area contributed by atoms with E-state index in [1.54, 1.807) is 11.8 Å². The molecule has 0 aliphatic rings. The van der Waals surface area contributed by atoms with Gasteiger partial charge in [0.05, 0.1) is 6.21 Å². The molecule has 1 rings (SSSR count). The molecule has 3 N–H and O–H groups in total. The van der Waals surface area contributed by atoms with Gasteiger partial charge in [-0.25, -0.2) is 5.43 Å². The average molecular weight is 237 g/mol. The van der Waals surface area contributed by atoms with Gasteiger partial charge < -0.3 is 5.73 Å². The van der Waals surface area contributed by atoms with Crippen molar-refractivity contribution < 1.29 is 9.59 Å². The van der Waals surface area contributed by atoms with Crippen LogP contribution in [-0.4, -0.2) is 24.3 Å². The fourth-order valence-electron chi connectivity index (χ4n) is 0.911. The highest BCUT2D eigenvalue weighted by atomic mass is 32.2. The van der Waals surface area contributed by atoms with Crippen molar-refractivity contribution in [1.82, 2.24) is 5.43 Å². The number of rotatable bonds is 3. The van der Waals surface area contributed by atoms with Crippen LogP contribution in [0.3, 0.4) is 0 Å². The Bertz CT molecular complexity index is 415. The monoisotopic (exact) mass is 237 g/mol. The van der Waals surface area contributed by atoms with Crippen molar-refractivity contribution in [2.45, 2.75) is 4.90 Å². The lowest BCUT2D eigenvalue weighted by Crippen LogP contribution is -2.32. The summed E-state index contributed by atoms with van der Waals surface area (Å²) >= 11 is 1.63. The number of carbonyl (C=O) groups is 2. The summed E-state index contributed by atoms with van der Waals surface area (Å²) in [5.74, 6) is -1.99. The van der Waals surface area contributed by atoms with Gasteiger partial charge in [-0.1, -0.05) is 12.1 Å². The first-order valence-electron chi connectivity index (χ1n) is 4.40. The SMILES string of the molecule is CSc1ccc(C=NNC(=O)C(N)=O)cc1. The van der Waals surface area contributed by atoms with Gasteiger partial charge in [0, 0.05) is 4.90 Å². The van der Waals surface area contributed by atoms with Gasteiger partial charge in [-0.05, 0) is 24.0 Å². The third-order valence-corrected chi connectivity index (χ3v) is 2.46. The van der Waals surface area contributed by atoms with Crippen LogP contribution in [0.2, 0.25) is 0 Å². The summed E-state index contributed by atoms with van der Waals surface area (Å²) in [5.41, 5.74) is 7.56. The molecule has 2 amide bonds. The number of amides is 2. The number of hydrogen-bond acceptors (Lipinski definition) is 4. The lowest BCUT2D eigenvalue weighted by atomic mass is 10.2. The maximum atomic E-state index is 10.7. The maximum absolute atomic E-state index is 10.7. The second kappa shape index (κ2) is 5.92.